The van der Waals surface area contributed by atoms with Gasteiger partial charge in [0.15, 0.2) is 0 Å². The van der Waals surface area contributed by atoms with Crippen LogP contribution in [-0.4, -0.2) is 7.11 Å². The van der Waals surface area contributed by atoms with Crippen LogP contribution < -0.4 is 10.5 Å². The fraction of sp³-hybridized carbons (Fsp3) is 0.222. The smallest absolute Gasteiger partial charge is 0.122 e. The molecular weight excluding hydrogens is 326 g/mol. The van der Waals surface area contributed by atoms with Crippen LogP contribution in [0.15, 0.2) is 47.4 Å². The highest BCUT2D eigenvalue weighted by Crippen LogP contribution is 2.26. The summed E-state index contributed by atoms with van der Waals surface area (Å²) in [5.74, 6) is 0.917. The third-order valence-corrected chi connectivity index (χ3v) is 4.14. The first-order valence-corrected chi connectivity index (χ1v) is 7.68. The Morgan fingerprint density at radius 3 is 2.67 bits per heavy atom. The van der Waals surface area contributed by atoms with E-state index in [2.05, 4.69) is 41.6 Å². The van der Waals surface area contributed by atoms with Gasteiger partial charge in [0.2, 0.25) is 0 Å². The van der Waals surface area contributed by atoms with Gasteiger partial charge in [-0.05, 0) is 54.7 Å². The van der Waals surface area contributed by atoms with Crippen molar-refractivity contribution in [2.24, 2.45) is 5.73 Å². The average Bonchev–Trinajstić information content (AvgIpc) is 2.45. The summed E-state index contributed by atoms with van der Waals surface area (Å²) in [7, 11) is 1.70. The van der Waals surface area contributed by atoms with Gasteiger partial charge in [-0.15, -0.1) is 0 Å². The molecule has 0 atom stereocenters. The van der Waals surface area contributed by atoms with Gasteiger partial charge in [-0.3, -0.25) is 0 Å². The topological polar surface area (TPSA) is 35.2 Å². The van der Waals surface area contributed by atoms with Crippen LogP contribution in [0.4, 0.5) is 0 Å². The quantitative estimate of drug-likeness (QED) is 0.866. The fourth-order valence-corrected chi connectivity index (χ4v) is 2.95. The molecule has 3 heteroatoms. The molecular formula is C18H20BrNO. The molecule has 110 valence electrons. The predicted octanol–water partition coefficient (Wildman–Crippen LogP) is 4.48. The molecule has 0 saturated heterocycles. The van der Waals surface area contributed by atoms with Crippen molar-refractivity contribution < 1.29 is 4.74 Å². The van der Waals surface area contributed by atoms with E-state index in [1.165, 1.54) is 16.7 Å². The number of hydrogen-bond acceptors (Lipinski definition) is 2. The lowest BCUT2D eigenvalue weighted by molar-refractivity contribution is 0.409. The molecule has 0 heterocycles. The standard InChI is InChI=1S/C18H20BrNO/c1-12-5-4-6-17(13(2)20)16(12)9-7-14-11-15(19)8-10-18(14)21-3/h4-6,8,10-11H,2,7,9,20H2,1,3H3. The minimum Gasteiger partial charge on any atom is -0.496 e. The zero-order chi connectivity index (χ0) is 15.4. The van der Waals surface area contributed by atoms with Crippen LogP contribution in [0.25, 0.3) is 5.70 Å². The number of rotatable bonds is 5. The maximum Gasteiger partial charge on any atom is 0.122 e. The monoisotopic (exact) mass is 345 g/mol. The lowest BCUT2D eigenvalue weighted by atomic mass is 9.94. The Hall–Kier alpha value is -1.74. The Bertz CT molecular complexity index is 664. The van der Waals surface area contributed by atoms with Crippen molar-refractivity contribution in [2.45, 2.75) is 19.8 Å². The highest BCUT2D eigenvalue weighted by molar-refractivity contribution is 9.10. The molecule has 0 saturated carbocycles. The Labute approximate surface area is 134 Å². The summed E-state index contributed by atoms with van der Waals surface area (Å²) in [6.07, 6.45) is 1.80. The van der Waals surface area contributed by atoms with E-state index >= 15 is 0 Å². The van der Waals surface area contributed by atoms with Crippen molar-refractivity contribution in [3.05, 3.63) is 69.7 Å². The van der Waals surface area contributed by atoms with Crippen LogP contribution >= 0.6 is 15.9 Å². The molecule has 2 N–H and O–H groups in total. The maximum absolute atomic E-state index is 5.91. The van der Waals surface area contributed by atoms with Crippen molar-refractivity contribution in [1.82, 2.24) is 0 Å². The average molecular weight is 346 g/mol. The van der Waals surface area contributed by atoms with Gasteiger partial charge in [-0.2, -0.15) is 0 Å². The maximum atomic E-state index is 5.91. The lowest BCUT2D eigenvalue weighted by Gasteiger charge is -2.14. The van der Waals surface area contributed by atoms with Crippen LogP contribution in [0.2, 0.25) is 0 Å². The first-order chi connectivity index (χ1) is 10.0. The molecule has 2 aromatic carbocycles. The molecule has 2 rings (SSSR count). The number of halogens is 1. The third kappa shape index (κ3) is 3.67. The molecule has 0 unspecified atom stereocenters. The second-order valence-corrected chi connectivity index (χ2v) is 6.00. The zero-order valence-corrected chi connectivity index (χ0v) is 14.0. The molecule has 0 fully saturated rings. The molecule has 0 amide bonds. The molecule has 0 aliphatic carbocycles. The zero-order valence-electron chi connectivity index (χ0n) is 12.4. The number of methoxy groups -OCH3 is 1. The lowest BCUT2D eigenvalue weighted by Crippen LogP contribution is -2.04. The summed E-state index contributed by atoms with van der Waals surface area (Å²) in [5, 5.41) is 0. The minimum absolute atomic E-state index is 0.620. The number of nitrogens with two attached hydrogens (primary N) is 1. The molecule has 0 aromatic heterocycles. The van der Waals surface area contributed by atoms with Crippen LogP contribution in [0, 0.1) is 6.92 Å². The predicted molar refractivity (Wildman–Crippen MR) is 92.5 cm³/mol. The number of hydrogen-bond donors (Lipinski definition) is 1. The van der Waals surface area contributed by atoms with E-state index in [0.717, 1.165) is 28.6 Å². The first-order valence-electron chi connectivity index (χ1n) is 6.88. The Kier molecular flexibility index (Phi) is 5.07. The Morgan fingerprint density at radius 2 is 2.00 bits per heavy atom. The van der Waals surface area contributed by atoms with Crippen molar-refractivity contribution in [2.75, 3.05) is 7.11 Å². The third-order valence-electron chi connectivity index (χ3n) is 3.64. The van der Waals surface area contributed by atoms with Gasteiger partial charge in [0.05, 0.1) is 7.11 Å². The second kappa shape index (κ2) is 6.81. The molecule has 0 spiro atoms. The summed E-state index contributed by atoms with van der Waals surface area (Å²) in [5.41, 5.74) is 11.3. The van der Waals surface area contributed by atoms with Gasteiger partial charge in [-0.1, -0.05) is 40.7 Å². The van der Waals surface area contributed by atoms with Crippen molar-refractivity contribution in [3.63, 3.8) is 0 Å². The first kappa shape index (κ1) is 15.6. The molecule has 0 aliphatic heterocycles. The van der Waals surface area contributed by atoms with Gasteiger partial charge >= 0.3 is 0 Å². The molecule has 0 bridgehead atoms. The molecule has 2 aromatic rings. The summed E-state index contributed by atoms with van der Waals surface area (Å²) in [6.45, 7) is 5.99. The summed E-state index contributed by atoms with van der Waals surface area (Å²) in [4.78, 5) is 0. The van der Waals surface area contributed by atoms with E-state index in [4.69, 9.17) is 10.5 Å². The van der Waals surface area contributed by atoms with Crippen LogP contribution in [0.1, 0.15) is 22.3 Å². The number of benzene rings is 2. The normalized spacial score (nSPS) is 10.4. The fourth-order valence-electron chi connectivity index (χ4n) is 2.54. The van der Waals surface area contributed by atoms with Crippen LogP contribution in [0.5, 0.6) is 5.75 Å². The second-order valence-electron chi connectivity index (χ2n) is 5.08. The minimum atomic E-state index is 0.620. The molecule has 0 radical (unpaired) electrons. The van der Waals surface area contributed by atoms with E-state index in [-0.39, 0.29) is 0 Å². The van der Waals surface area contributed by atoms with Gasteiger partial charge in [0.1, 0.15) is 5.75 Å². The summed E-state index contributed by atoms with van der Waals surface area (Å²) in [6, 6.07) is 12.2. The molecule has 21 heavy (non-hydrogen) atoms. The van der Waals surface area contributed by atoms with Gasteiger partial charge < -0.3 is 10.5 Å². The van der Waals surface area contributed by atoms with Crippen LogP contribution in [-0.2, 0) is 12.8 Å². The SMILES string of the molecule is C=C(N)c1cccc(C)c1CCc1cc(Br)ccc1OC. The van der Waals surface area contributed by atoms with E-state index in [0.29, 0.717) is 5.70 Å². The highest BCUT2D eigenvalue weighted by Gasteiger charge is 2.09. The molecule has 0 aliphatic rings. The van der Waals surface area contributed by atoms with Gasteiger partial charge in [-0.25, -0.2) is 0 Å². The highest BCUT2D eigenvalue weighted by atomic mass is 79.9. The molecule has 2 nitrogen and oxygen atoms in total. The number of aryl methyl sites for hydroxylation is 2. The van der Waals surface area contributed by atoms with Crippen molar-refractivity contribution >= 4 is 21.6 Å². The van der Waals surface area contributed by atoms with Crippen molar-refractivity contribution in [3.8, 4) is 5.75 Å². The Morgan fingerprint density at radius 1 is 1.24 bits per heavy atom. The van der Waals surface area contributed by atoms with E-state index in [1.54, 1.807) is 7.11 Å². The van der Waals surface area contributed by atoms with E-state index in [1.807, 2.05) is 24.3 Å². The van der Waals surface area contributed by atoms with Gasteiger partial charge in [0.25, 0.3) is 0 Å². The number of ether oxygens (including phenoxy) is 1. The van der Waals surface area contributed by atoms with Gasteiger partial charge in [0, 0.05) is 15.7 Å². The van der Waals surface area contributed by atoms with E-state index < -0.39 is 0 Å². The van der Waals surface area contributed by atoms with E-state index in [9.17, 15) is 0 Å². The van der Waals surface area contributed by atoms with Crippen molar-refractivity contribution in [1.29, 1.82) is 0 Å². The Balaban J connectivity index is 2.28. The summed E-state index contributed by atoms with van der Waals surface area (Å²) >= 11 is 3.51. The summed E-state index contributed by atoms with van der Waals surface area (Å²) < 4.78 is 6.50. The van der Waals surface area contributed by atoms with Crippen LogP contribution in [0.3, 0.4) is 0 Å². The largest absolute Gasteiger partial charge is 0.496 e.